The van der Waals surface area contributed by atoms with E-state index >= 15 is 0 Å². The molecular weight excluding hydrogens is 372 g/mol. The average molecular weight is 392 g/mol. The lowest BCUT2D eigenvalue weighted by Crippen LogP contribution is -2.02. The van der Waals surface area contributed by atoms with Gasteiger partial charge in [0.25, 0.3) is 5.78 Å². The molecule has 0 aliphatic rings. The van der Waals surface area contributed by atoms with Crippen LogP contribution in [0.3, 0.4) is 0 Å². The minimum atomic E-state index is 0.492. The summed E-state index contributed by atoms with van der Waals surface area (Å²) in [5.41, 5.74) is 3.46. The van der Waals surface area contributed by atoms with E-state index in [9.17, 15) is 0 Å². The van der Waals surface area contributed by atoms with Gasteiger partial charge in [0.05, 0.1) is 34.1 Å². The Hall–Kier alpha value is -3.81. The van der Waals surface area contributed by atoms with Crippen molar-refractivity contribution in [1.29, 1.82) is 0 Å². The molecule has 0 aliphatic carbocycles. The van der Waals surface area contributed by atoms with E-state index in [-0.39, 0.29) is 0 Å². The third-order valence-electron chi connectivity index (χ3n) is 4.64. The molecule has 4 rings (SSSR count). The molecule has 0 spiro atoms. The van der Waals surface area contributed by atoms with Gasteiger partial charge in [0.15, 0.2) is 11.5 Å². The van der Waals surface area contributed by atoms with Gasteiger partial charge in [-0.15, -0.1) is 0 Å². The molecule has 0 aliphatic heterocycles. The summed E-state index contributed by atoms with van der Waals surface area (Å²) in [6, 6.07) is 11.5. The van der Waals surface area contributed by atoms with Gasteiger partial charge in [-0.2, -0.15) is 14.6 Å². The number of ether oxygens (including phenoxy) is 4. The summed E-state index contributed by atoms with van der Waals surface area (Å²) in [4.78, 5) is 8.66. The summed E-state index contributed by atoms with van der Waals surface area (Å²) in [6.07, 6.45) is 3.26. The summed E-state index contributed by atoms with van der Waals surface area (Å²) in [7, 11) is 6.39. The van der Waals surface area contributed by atoms with Crippen molar-refractivity contribution in [2.24, 2.45) is 0 Å². The Labute approximate surface area is 167 Å². The van der Waals surface area contributed by atoms with E-state index in [1.807, 2.05) is 36.4 Å². The maximum atomic E-state index is 5.53. The van der Waals surface area contributed by atoms with E-state index in [0.29, 0.717) is 23.0 Å². The topological polar surface area (TPSA) is 80.0 Å². The van der Waals surface area contributed by atoms with Gasteiger partial charge in [-0.1, -0.05) is 12.1 Å². The maximum Gasteiger partial charge on any atom is 0.252 e. The predicted molar refractivity (Wildman–Crippen MR) is 108 cm³/mol. The van der Waals surface area contributed by atoms with Gasteiger partial charge in [-0.05, 0) is 29.8 Å². The molecule has 8 nitrogen and oxygen atoms in total. The van der Waals surface area contributed by atoms with Crippen LogP contribution in [0.15, 0.2) is 48.9 Å². The Kier molecular flexibility index (Phi) is 4.90. The average Bonchev–Trinajstić information content (AvgIpc) is 3.26. The normalized spacial score (nSPS) is 10.8. The first-order valence-electron chi connectivity index (χ1n) is 8.83. The number of rotatable bonds is 6. The standard InChI is InChI=1S/C21H20N4O4/c1-26-15-7-5-13(6-8-15)16-11-22-21-23-12-24-25(21)19(16)14-9-17(27-2)20(29-4)18(10-14)28-3/h5-12H,1-4H3. The Morgan fingerprint density at radius 1 is 0.759 bits per heavy atom. The minimum Gasteiger partial charge on any atom is -0.497 e. The zero-order valence-corrected chi connectivity index (χ0v) is 16.5. The molecule has 2 aromatic carbocycles. The number of nitrogens with zero attached hydrogens (tertiary/aromatic N) is 4. The van der Waals surface area contributed by atoms with E-state index in [0.717, 1.165) is 28.1 Å². The molecule has 2 heterocycles. The van der Waals surface area contributed by atoms with Crippen LogP contribution in [0.4, 0.5) is 0 Å². The molecule has 0 unspecified atom stereocenters. The number of hydrogen-bond acceptors (Lipinski definition) is 7. The van der Waals surface area contributed by atoms with E-state index in [1.165, 1.54) is 6.33 Å². The molecule has 148 valence electrons. The van der Waals surface area contributed by atoms with Crippen molar-refractivity contribution < 1.29 is 18.9 Å². The fourth-order valence-electron chi connectivity index (χ4n) is 3.26. The SMILES string of the molecule is COc1ccc(-c2cnc3ncnn3c2-c2cc(OC)c(OC)c(OC)c2)cc1. The highest BCUT2D eigenvalue weighted by Gasteiger charge is 2.20. The Morgan fingerprint density at radius 2 is 1.45 bits per heavy atom. The molecule has 0 saturated heterocycles. The highest BCUT2D eigenvalue weighted by atomic mass is 16.5. The lowest BCUT2D eigenvalue weighted by atomic mass is 10.00. The maximum absolute atomic E-state index is 5.53. The number of methoxy groups -OCH3 is 4. The second kappa shape index (κ2) is 7.67. The van der Waals surface area contributed by atoms with E-state index in [2.05, 4.69) is 15.1 Å². The van der Waals surface area contributed by atoms with Crippen molar-refractivity contribution >= 4 is 5.78 Å². The largest absolute Gasteiger partial charge is 0.497 e. The molecule has 4 aromatic rings. The summed E-state index contributed by atoms with van der Waals surface area (Å²) in [5.74, 6) is 2.89. The van der Waals surface area contributed by atoms with Crippen LogP contribution in [-0.2, 0) is 0 Å². The van der Waals surface area contributed by atoms with Crippen LogP contribution in [0.25, 0.3) is 28.2 Å². The molecule has 2 aromatic heterocycles. The van der Waals surface area contributed by atoms with Gasteiger partial charge >= 0.3 is 0 Å². The minimum absolute atomic E-state index is 0.492. The van der Waals surface area contributed by atoms with Crippen LogP contribution in [0.5, 0.6) is 23.0 Å². The van der Waals surface area contributed by atoms with Crippen molar-refractivity contribution in [2.45, 2.75) is 0 Å². The molecule has 0 atom stereocenters. The van der Waals surface area contributed by atoms with Crippen LogP contribution < -0.4 is 18.9 Å². The Bertz CT molecular complexity index is 1130. The van der Waals surface area contributed by atoms with Gasteiger partial charge in [-0.3, -0.25) is 0 Å². The van der Waals surface area contributed by atoms with Crippen LogP contribution in [0, 0.1) is 0 Å². The number of benzene rings is 2. The van der Waals surface area contributed by atoms with Gasteiger partial charge in [0, 0.05) is 17.3 Å². The Morgan fingerprint density at radius 3 is 2.03 bits per heavy atom. The number of hydrogen-bond donors (Lipinski definition) is 0. The first-order chi connectivity index (χ1) is 14.2. The molecule has 0 fully saturated rings. The highest BCUT2D eigenvalue weighted by molar-refractivity contribution is 5.83. The third kappa shape index (κ3) is 3.18. The van der Waals surface area contributed by atoms with E-state index < -0.39 is 0 Å². The summed E-state index contributed by atoms with van der Waals surface area (Å²) in [6.45, 7) is 0. The second-order valence-corrected chi connectivity index (χ2v) is 6.13. The number of fused-ring (bicyclic) bond motifs is 1. The fraction of sp³-hybridized carbons (Fsp3) is 0.190. The van der Waals surface area contributed by atoms with Gasteiger partial charge in [0.1, 0.15) is 12.1 Å². The first kappa shape index (κ1) is 18.5. The number of aromatic nitrogens is 4. The van der Waals surface area contributed by atoms with Gasteiger partial charge in [-0.25, -0.2) is 4.98 Å². The van der Waals surface area contributed by atoms with Gasteiger partial charge < -0.3 is 18.9 Å². The molecule has 0 radical (unpaired) electrons. The second-order valence-electron chi connectivity index (χ2n) is 6.13. The lowest BCUT2D eigenvalue weighted by molar-refractivity contribution is 0.324. The van der Waals surface area contributed by atoms with Crippen molar-refractivity contribution in [2.75, 3.05) is 28.4 Å². The fourth-order valence-corrected chi connectivity index (χ4v) is 3.26. The molecule has 0 amide bonds. The molecule has 29 heavy (non-hydrogen) atoms. The van der Waals surface area contributed by atoms with Crippen molar-refractivity contribution in [3.8, 4) is 45.4 Å². The smallest absolute Gasteiger partial charge is 0.252 e. The van der Waals surface area contributed by atoms with Crippen LogP contribution in [-0.4, -0.2) is 48.0 Å². The predicted octanol–water partition coefficient (Wildman–Crippen LogP) is 3.49. The van der Waals surface area contributed by atoms with E-state index in [4.69, 9.17) is 18.9 Å². The van der Waals surface area contributed by atoms with Crippen molar-refractivity contribution in [3.63, 3.8) is 0 Å². The van der Waals surface area contributed by atoms with E-state index in [1.54, 1.807) is 39.2 Å². The monoisotopic (exact) mass is 392 g/mol. The summed E-state index contributed by atoms with van der Waals surface area (Å²) in [5, 5.41) is 4.37. The van der Waals surface area contributed by atoms with Crippen molar-refractivity contribution in [1.82, 2.24) is 19.6 Å². The van der Waals surface area contributed by atoms with Crippen LogP contribution in [0.2, 0.25) is 0 Å². The van der Waals surface area contributed by atoms with Crippen LogP contribution in [0.1, 0.15) is 0 Å². The van der Waals surface area contributed by atoms with Gasteiger partial charge in [0.2, 0.25) is 5.75 Å². The summed E-state index contributed by atoms with van der Waals surface area (Å²) < 4.78 is 23.5. The lowest BCUT2D eigenvalue weighted by Gasteiger charge is -2.16. The molecule has 0 bridgehead atoms. The van der Waals surface area contributed by atoms with Crippen molar-refractivity contribution in [3.05, 3.63) is 48.9 Å². The molecule has 8 heteroatoms. The van der Waals surface area contributed by atoms with Crippen LogP contribution >= 0.6 is 0 Å². The Balaban J connectivity index is 2.00. The molecule has 0 saturated carbocycles. The first-order valence-corrected chi connectivity index (χ1v) is 8.83. The third-order valence-corrected chi connectivity index (χ3v) is 4.64. The molecule has 0 N–H and O–H groups in total. The zero-order valence-electron chi connectivity index (χ0n) is 16.5. The quantitative estimate of drug-likeness (QED) is 0.497. The molecular formula is C21H20N4O4. The highest BCUT2D eigenvalue weighted by Crippen LogP contribution is 2.43. The summed E-state index contributed by atoms with van der Waals surface area (Å²) >= 11 is 0. The zero-order chi connectivity index (χ0) is 20.4.